The van der Waals surface area contributed by atoms with E-state index in [0.717, 1.165) is 12.8 Å². The molecule has 1 aromatic heterocycles. The average Bonchev–Trinajstić information content (AvgIpc) is 2.48. The number of pyridine rings is 1. The molecule has 3 nitrogen and oxygen atoms in total. The van der Waals surface area contributed by atoms with Crippen molar-refractivity contribution in [2.45, 2.75) is 26.7 Å². The fourth-order valence-corrected chi connectivity index (χ4v) is 1.84. The van der Waals surface area contributed by atoms with Crippen LogP contribution in [0, 0.1) is 0 Å². The van der Waals surface area contributed by atoms with Crippen molar-refractivity contribution in [2.24, 2.45) is 0 Å². The van der Waals surface area contributed by atoms with Crippen LogP contribution in [0.25, 0.3) is 0 Å². The van der Waals surface area contributed by atoms with Crippen LogP contribution in [0.15, 0.2) is 48.8 Å². The number of hydrogen-bond donors (Lipinski definition) is 1. The first-order valence-electron chi connectivity index (χ1n) is 6.63. The highest BCUT2D eigenvalue weighted by Gasteiger charge is 2.10. The fraction of sp³-hybridized carbons (Fsp3) is 0.250. The minimum Gasteiger partial charge on any atom is -0.264 e. The molecule has 1 aromatic carbocycles. The SMILES string of the molecule is CCc1ccc(C(=O)N[n+]2ccc(CC)cc2)cc1. The second kappa shape index (κ2) is 6.14. The Morgan fingerprint density at radius 3 is 2.00 bits per heavy atom. The lowest BCUT2D eigenvalue weighted by Crippen LogP contribution is -2.47. The lowest BCUT2D eigenvalue weighted by molar-refractivity contribution is -0.641. The normalized spacial score (nSPS) is 10.2. The molecule has 0 aliphatic heterocycles. The van der Waals surface area contributed by atoms with Gasteiger partial charge in [0.25, 0.3) is 0 Å². The van der Waals surface area contributed by atoms with E-state index in [0.29, 0.717) is 5.56 Å². The molecule has 1 N–H and O–H groups in total. The molecule has 0 bridgehead atoms. The van der Waals surface area contributed by atoms with Crippen LogP contribution in [0.5, 0.6) is 0 Å². The van der Waals surface area contributed by atoms with Crippen molar-refractivity contribution in [1.82, 2.24) is 0 Å². The zero-order valence-electron chi connectivity index (χ0n) is 11.4. The molecule has 98 valence electrons. The number of carbonyl (C=O) groups is 1. The zero-order chi connectivity index (χ0) is 13.7. The Morgan fingerprint density at radius 2 is 1.47 bits per heavy atom. The Hall–Kier alpha value is -2.16. The number of rotatable bonds is 4. The third-order valence-electron chi connectivity index (χ3n) is 3.16. The largest absolute Gasteiger partial charge is 0.305 e. The van der Waals surface area contributed by atoms with Crippen LogP contribution in [-0.4, -0.2) is 5.91 Å². The van der Waals surface area contributed by atoms with E-state index in [1.54, 1.807) is 4.68 Å². The Morgan fingerprint density at radius 1 is 0.947 bits per heavy atom. The van der Waals surface area contributed by atoms with Gasteiger partial charge in [-0.2, -0.15) is 0 Å². The number of nitrogens with one attached hydrogen (secondary N) is 1. The van der Waals surface area contributed by atoms with Crippen molar-refractivity contribution in [1.29, 1.82) is 0 Å². The predicted molar refractivity (Wildman–Crippen MR) is 75.5 cm³/mol. The highest BCUT2D eigenvalue weighted by Crippen LogP contribution is 2.04. The maximum Gasteiger partial charge on any atom is 0.305 e. The standard InChI is InChI=1S/C16H18N2O/c1-3-13-5-7-15(8-6-13)16(19)17-18-11-9-14(4-2)10-12-18/h5-12H,3-4H2,1-2H3/p+1. The Kier molecular flexibility index (Phi) is 4.29. The van der Waals surface area contributed by atoms with Gasteiger partial charge in [-0.05, 0) is 36.1 Å². The molecular formula is C16H19N2O+. The number of carbonyl (C=O) groups excluding carboxylic acids is 1. The van der Waals surface area contributed by atoms with Crippen molar-refractivity contribution in [3.63, 3.8) is 0 Å². The van der Waals surface area contributed by atoms with Crippen molar-refractivity contribution in [2.75, 3.05) is 5.43 Å². The number of hydrogen-bond acceptors (Lipinski definition) is 1. The number of aryl methyl sites for hydroxylation is 2. The predicted octanol–water partition coefficient (Wildman–Crippen LogP) is 2.48. The molecule has 0 aliphatic rings. The third-order valence-corrected chi connectivity index (χ3v) is 3.16. The van der Waals surface area contributed by atoms with E-state index in [-0.39, 0.29) is 5.91 Å². The first kappa shape index (κ1) is 13.3. The molecular weight excluding hydrogens is 236 g/mol. The van der Waals surface area contributed by atoms with Gasteiger partial charge in [-0.15, -0.1) is 5.43 Å². The summed E-state index contributed by atoms with van der Waals surface area (Å²) in [5.74, 6) is -0.100. The first-order chi connectivity index (χ1) is 9.22. The van der Waals surface area contributed by atoms with Crippen molar-refractivity contribution in [3.8, 4) is 0 Å². The first-order valence-corrected chi connectivity index (χ1v) is 6.63. The Labute approximate surface area is 113 Å². The van der Waals surface area contributed by atoms with E-state index < -0.39 is 0 Å². The molecule has 0 atom stereocenters. The molecule has 0 unspecified atom stereocenters. The highest BCUT2D eigenvalue weighted by atomic mass is 16.2. The second-order valence-electron chi connectivity index (χ2n) is 4.46. The van der Waals surface area contributed by atoms with Gasteiger partial charge in [0.1, 0.15) is 0 Å². The Balaban J connectivity index is 2.06. The summed E-state index contributed by atoms with van der Waals surface area (Å²) in [6.07, 6.45) is 5.69. The maximum absolute atomic E-state index is 12.0. The summed E-state index contributed by atoms with van der Waals surface area (Å²) in [5, 5.41) is 0. The smallest absolute Gasteiger partial charge is 0.264 e. The third kappa shape index (κ3) is 3.41. The summed E-state index contributed by atoms with van der Waals surface area (Å²) in [6, 6.07) is 11.7. The Bertz CT molecular complexity index is 544. The van der Waals surface area contributed by atoms with Crippen LogP contribution in [-0.2, 0) is 12.8 Å². The molecule has 0 aliphatic carbocycles. The van der Waals surface area contributed by atoms with E-state index >= 15 is 0 Å². The number of benzene rings is 1. The van der Waals surface area contributed by atoms with Gasteiger partial charge >= 0.3 is 5.91 Å². The summed E-state index contributed by atoms with van der Waals surface area (Å²) in [4.78, 5) is 12.0. The summed E-state index contributed by atoms with van der Waals surface area (Å²) >= 11 is 0. The molecule has 2 rings (SSSR count). The van der Waals surface area contributed by atoms with Gasteiger partial charge < -0.3 is 0 Å². The van der Waals surface area contributed by atoms with Crippen LogP contribution in [0.2, 0.25) is 0 Å². The molecule has 0 fully saturated rings. The molecule has 19 heavy (non-hydrogen) atoms. The van der Waals surface area contributed by atoms with Crippen LogP contribution in [0.3, 0.4) is 0 Å². The minimum atomic E-state index is -0.100. The van der Waals surface area contributed by atoms with Crippen LogP contribution in [0.4, 0.5) is 0 Å². The molecule has 2 aromatic rings. The summed E-state index contributed by atoms with van der Waals surface area (Å²) in [6.45, 7) is 4.20. The molecule has 3 heteroatoms. The molecule has 0 radical (unpaired) electrons. The average molecular weight is 255 g/mol. The molecule has 0 spiro atoms. The number of aromatic nitrogens is 1. The molecule has 0 saturated carbocycles. The van der Waals surface area contributed by atoms with E-state index in [2.05, 4.69) is 19.3 Å². The lowest BCUT2D eigenvalue weighted by atomic mass is 10.1. The van der Waals surface area contributed by atoms with Gasteiger partial charge in [-0.25, -0.2) is 0 Å². The maximum atomic E-state index is 12.0. The van der Waals surface area contributed by atoms with E-state index in [1.165, 1.54) is 11.1 Å². The highest BCUT2D eigenvalue weighted by molar-refractivity contribution is 5.98. The molecule has 1 amide bonds. The lowest BCUT2D eigenvalue weighted by Gasteiger charge is -2.02. The minimum absolute atomic E-state index is 0.100. The fourth-order valence-electron chi connectivity index (χ4n) is 1.84. The van der Waals surface area contributed by atoms with Gasteiger partial charge in [0.05, 0.1) is 0 Å². The quantitative estimate of drug-likeness (QED) is 0.837. The summed E-state index contributed by atoms with van der Waals surface area (Å²) in [7, 11) is 0. The van der Waals surface area contributed by atoms with Crippen LogP contribution < -0.4 is 10.1 Å². The van der Waals surface area contributed by atoms with Crippen LogP contribution in [0.1, 0.15) is 35.3 Å². The van der Waals surface area contributed by atoms with Gasteiger partial charge in [-0.3, -0.25) is 4.79 Å². The van der Waals surface area contributed by atoms with Gasteiger partial charge in [0, 0.05) is 17.7 Å². The van der Waals surface area contributed by atoms with E-state index in [1.807, 2.05) is 48.8 Å². The number of nitrogens with zero attached hydrogens (tertiary/aromatic N) is 1. The zero-order valence-corrected chi connectivity index (χ0v) is 11.4. The summed E-state index contributed by atoms with van der Waals surface area (Å²) in [5.41, 5.74) is 5.98. The van der Waals surface area contributed by atoms with Crippen molar-refractivity contribution < 1.29 is 9.47 Å². The van der Waals surface area contributed by atoms with Crippen molar-refractivity contribution >= 4 is 5.91 Å². The van der Waals surface area contributed by atoms with E-state index in [4.69, 9.17) is 0 Å². The van der Waals surface area contributed by atoms with Gasteiger partial charge in [0.2, 0.25) is 0 Å². The monoisotopic (exact) mass is 255 g/mol. The summed E-state index contributed by atoms with van der Waals surface area (Å²) < 4.78 is 1.68. The topological polar surface area (TPSA) is 33.0 Å². The van der Waals surface area contributed by atoms with Crippen molar-refractivity contribution in [3.05, 3.63) is 65.5 Å². The van der Waals surface area contributed by atoms with Gasteiger partial charge in [-0.1, -0.05) is 30.7 Å². The van der Waals surface area contributed by atoms with E-state index in [9.17, 15) is 4.79 Å². The molecule has 1 heterocycles. The number of amides is 1. The van der Waals surface area contributed by atoms with Gasteiger partial charge in [0.15, 0.2) is 12.4 Å². The second-order valence-corrected chi connectivity index (χ2v) is 4.46. The molecule has 0 saturated heterocycles. The van der Waals surface area contributed by atoms with Crippen LogP contribution >= 0.6 is 0 Å².